The molecule has 0 aliphatic heterocycles. The van der Waals surface area contributed by atoms with Crippen LogP contribution in [0, 0.1) is 0 Å². The zero-order valence-electron chi connectivity index (χ0n) is 12.7. The van der Waals surface area contributed by atoms with E-state index in [9.17, 15) is 4.79 Å². The Kier molecular flexibility index (Phi) is 10.7. The second-order valence-corrected chi connectivity index (χ2v) is 4.85. The van der Waals surface area contributed by atoms with Gasteiger partial charge in [0.1, 0.15) is 12.4 Å². The fourth-order valence-electron chi connectivity index (χ4n) is 1.74. The van der Waals surface area contributed by atoms with Crippen molar-refractivity contribution in [1.82, 2.24) is 5.32 Å². The average Bonchev–Trinajstić information content (AvgIpc) is 2.45. The minimum absolute atomic E-state index is 0. The summed E-state index contributed by atoms with van der Waals surface area (Å²) in [6.45, 7) is 3.32. The third-order valence-electron chi connectivity index (χ3n) is 2.75. The van der Waals surface area contributed by atoms with E-state index in [2.05, 4.69) is 5.32 Å². The number of nitrogens with two attached hydrogens (primary N) is 1. The molecule has 0 bridgehead atoms. The molecule has 0 fully saturated rings. The molecule has 0 aromatic heterocycles. The third-order valence-corrected chi connectivity index (χ3v) is 2.98. The van der Waals surface area contributed by atoms with E-state index in [-0.39, 0.29) is 18.4 Å². The fourth-order valence-corrected chi connectivity index (χ4v) is 1.92. The lowest BCUT2D eigenvalue weighted by atomic mass is 10.1. The molecule has 0 unspecified atom stereocenters. The summed E-state index contributed by atoms with van der Waals surface area (Å²) < 4.78 is 10.1. The molecule has 0 radical (unpaired) electrons. The fraction of sp³-hybridized carbons (Fsp3) is 0.400. The number of carbonyl (C=O) groups is 1. The Morgan fingerprint density at radius 2 is 2.18 bits per heavy atom. The van der Waals surface area contributed by atoms with Crippen molar-refractivity contribution in [1.29, 1.82) is 0 Å². The quantitative estimate of drug-likeness (QED) is 0.556. The van der Waals surface area contributed by atoms with Crippen LogP contribution < -0.4 is 15.8 Å². The van der Waals surface area contributed by atoms with E-state index in [1.54, 1.807) is 13.2 Å². The van der Waals surface area contributed by atoms with E-state index in [0.717, 1.165) is 16.9 Å². The van der Waals surface area contributed by atoms with Gasteiger partial charge in [0.05, 0.1) is 7.11 Å². The normalized spacial score (nSPS) is 10.8. The maximum absolute atomic E-state index is 10.6. The van der Waals surface area contributed by atoms with Crippen molar-refractivity contribution in [3.05, 3.63) is 34.4 Å². The van der Waals surface area contributed by atoms with Gasteiger partial charge in [0, 0.05) is 37.1 Å². The summed E-state index contributed by atoms with van der Waals surface area (Å²) in [7, 11) is 1.61. The van der Waals surface area contributed by atoms with Crippen LogP contribution in [-0.4, -0.2) is 39.3 Å². The third kappa shape index (κ3) is 7.66. The molecule has 124 valence electrons. The molecular formula is C15H22Cl2N2O3. The molecule has 22 heavy (non-hydrogen) atoms. The number of nitrogens with one attached hydrogen (secondary N) is 1. The van der Waals surface area contributed by atoms with E-state index < -0.39 is 0 Å². The van der Waals surface area contributed by atoms with Crippen molar-refractivity contribution in [3.63, 3.8) is 0 Å². The van der Waals surface area contributed by atoms with Gasteiger partial charge in [0.25, 0.3) is 0 Å². The summed E-state index contributed by atoms with van der Waals surface area (Å²) >= 11 is 6.00. The van der Waals surface area contributed by atoms with Crippen LogP contribution in [0.2, 0.25) is 5.02 Å². The molecular weight excluding hydrogens is 327 g/mol. The average molecular weight is 349 g/mol. The Labute approximate surface area is 142 Å². The summed E-state index contributed by atoms with van der Waals surface area (Å²) in [4.78, 5) is 10.6. The van der Waals surface area contributed by atoms with Gasteiger partial charge in [-0.15, -0.1) is 12.4 Å². The van der Waals surface area contributed by atoms with Gasteiger partial charge >= 0.3 is 5.97 Å². The van der Waals surface area contributed by atoms with Crippen molar-refractivity contribution in [2.75, 3.05) is 33.4 Å². The number of benzene rings is 1. The molecule has 0 aliphatic rings. The molecule has 0 atom stereocenters. The van der Waals surface area contributed by atoms with Gasteiger partial charge in [0.2, 0.25) is 0 Å². The van der Waals surface area contributed by atoms with Crippen LogP contribution in [0.25, 0.3) is 6.08 Å². The summed E-state index contributed by atoms with van der Waals surface area (Å²) in [6.07, 6.45) is 1.95. The van der Waals surface area contributed by atoms with Crippen molar-refractivity contribution in [3.8, 4) is 5.75 Å². The van der Waals surface area contributed by atoms with E-state index in [4.69, 9.17) is 26.8 Å². The summed E-state index contributed by atoms with van der Waals surface area (Å²) in [5.41, 5.74) is 7.63. The largest absolute Gasteiger partial charge is 0.496 e. The minimum atomic E-state index is -0.282. The second-order valence-electron chi connectivity index (χ2n) is 4.41. The Morgan fingerprint density at radius 3 is 2.77 bits per heavy atom. The maximum atomic E-state index is 10.6. The highest BCUT2D eigenvalue weighted by molar-refractivity contribution is 6.30. The number of ether oxygens (including phenoxy) is 2. The number of rotatable bonds is 8. The standard InChI is InChI=1S/C15H21ClN2O3.ClH/c1-11(19)21-6-5-18-10-12(9-17)7-13-8-14(16)3-4-15(13)20-2;/h3-4,7-8,18H,5-6,9-10,17H2,1-2H3;1H. The van der Waals surface area contributed by atoms with Crippen LogP contribution in [-0.2, 0) is 9.53 Å². The molecule has 1 aromatic carbocycles. The molecule has 0 saturated heterocycles. The van der Waals surface area contributed by atoms with Gasteiger partial charge < -0.3 is 20.5 Å². The molecule has 0 spiro atoms. The summed E-state index contributed by atoms with van der Waals surface area (Å²) in [6, 6.07) is 5.42. The Hall–Kier alpha value is -1.27. The topological polar surface area (TPSA) is 73.6 Å². The Balaban J connectivity index is 0.00000441. The highest BCUT2D eigenvalue weighted by atomic mass is 35.5. The van der Waals surface area contributed by atoms with E-state index >= 15 is 0 Å². The molecule has 7 heteroatoms. The maximum Gasteiger partial charge on any atom is 0.302 e. The molecule has 5 nitrogen and oxygen atoms in total. The number of hydrogen-bond acceptors (Lipinski definition) is 5. The first-order chi connectivity index (χ1) is 10.1. The van der Waals surface area contributed by atoms with Gasteiger partial charge in [-0.25, -0.2) is 0 Å². The number of hydrogen-bond donors (Lipinski definition) is 2. The van der Waals surface area contributed by atoms with E-state index in [1.165, 1.54) is 6.92 Å². The SMILES string of the molecule is COc1ccc(Cl)cc1C=C(CN)CNCCOC(C)=O.Cl. The highest BCUT2D eigenvalue weighted by Crippen LogP contribution is 2.24. The summed E-state index contributed by atoms with van der Waals surface area (Å²) in [5.74, 6) is 0.459. The lowest BCUT2D eigenvalue weighted by Crippen LogP contribution is -2.25. The van der Waals surface area contributed by atoms with Gasteiger partial charge in [-0.2, -0.15) is 0 Å². The van der Waals surface area contributed by atoms with Gasteiger partial charge in [-0.3, -0.25) is 4.79 Å². The first-order valence-electron chi connectivity index (χ1n) is 6.64. The molecule has 0 heterocycles. The van der Waals surface area contributed by atoms with Crippen LogP contribution in [0.15, 0.2) is 23.8 Å². The van der Waals surface area contributed by atoms with E-state index in [1.807, 2.05) is 18.2 Å². The summed E-state index contributed by atoms with van der Waals surface area (Å²) in [5, 5.41) is 3.80. The predicted octanol–water partition coefficient (Wildman–Crippen LogP) is 2.27. The molecule has 1 aromatic rings. The zero-order valence-corrected chi connectivity index (χ0v) is 14.3. The smallest absolute Gasteiger partial charge is 0.302 e. The van der Waals surface area contributed by atoms with Gasteiger partial charge in [0.15, 0.2) is 0 Å². The lowest BCUT2D eigenvalue weighted by molar-refractivity contribution is -0.140. The van der Waals surface area contributed by atoms with E-state index in [0.29, 0.717) is 31.3 Å². The minimum Gasteiger partial charge on any atom is -0.496 e. The molecule has 3 N–H and O–H groups in total. The number of esters is 1. The van der Waals surface area contributed by atoms with Crippen LogP contribution in [0.5, 0.6) is 5.75 Å². The highest BCUT2D eigenvalue weighted by Gasteiger charge is 2.03. The van der Waals surface area contributed by atoms with Crippen LogP contribution in [0.4, 0.5) is 0 Å². The number of carbonyl (C=O) groups excluding carboxylic acids is 1. The second kappa shape index (κ2) is 11.3. The molecule has 1 rings (SSSR count). The zero-order chi connectivity index (χ0) is 15.7. The van der Waals surface area contributed by atoms with Crippen molar-refractivity contribution in [2.24, 2.45) is 5.73 Å². The molecule has 0 saturated carbocycles. The van der Waals surface area contributed by atoms with Crippen LogP contribution >= 0.6 is 24.0 Å². The van der Waals surface area contributed by atoms with Crippen LogP contribution in [0.1, 0.15) is 12.5 Å². The molecule has 0 amide bonds. The first kappa shape index (κ1) is 20.7. The molecule has 0 aliphatic carbocycles. The van der Waals surface area contributed by atoms with Crippen molar-refractivity contribution >= 4 is 36.1 Å². The van der Waals surface area contributed by atoms with Gasteiger partial charge in [-0.1, -0.05) is 11.6 Å². The first-order valence-corrected chi connectivity index (χ1v) is 7.01. The monoisotopic (exact) mass is 348 g/mol. The Bertz CT molecular complexity index is 508. The van der Waals surface area contributed by atoms with Crippen molar-refractivity contribution in [2.45, 2.75) is 6.92 Å². The van der Waals surface area contributed by atoms with Gasteiger partial charge in [-0.05, 0) is 29.8 Å². The number of methoxy groups -OCH3 is 1. The lowest BCUT2D eigenvalue weighted by Gasteiger charge is -2.10. The predicted molar refractivity (Wildman–Crippen MR) is 91.8 cm³/mol. The van der Waals surface area contributed by atoms with Crippen LogP contribution in [0.3, 0.4) is 0 Å². The number of halogens is 2. The Morgan fingerprint density at radius 1 is 1.45 bits per heavy atom. The van der Waals surface area contributed by atoms with Crippen molar-refractivity contribution < 1.29 is 14.3 Å².